The predicted molar refractivity (Wildman–Crippen MR) is 128 cm³/mol. The molecule has 0 amide bonds. The number of esters is 2. The van der Waals surface area contributed by atoms with E-state index in [2.05, 4.69) is 0 Å². The predicted octanol–water partition coefficient (Wildman–Crippen LogP) is 2.63. The normalized spacial score (nSPS) is 38.0. The molecule has 35 heavy (non-hydrogen) atoms. The number of ether oxygens (including phenoxy) is 2. The zero-order chi connectivity index (χ0) is 26.3. The van der Waals surface area contributed by atoms with Crippen molar-refractivity contribution in [1.29, 1.82) is 0 Å². The average molecular weight is 493 g/mol. The molecule has 8 heteroatoms. The quantitative estimate of drug-likeness (QED) is 0.365. The number of carbonyl (C=O) groups excluding carboxylic acids is 3. The highest BCUT2D eigenvalue weighted by Gasteiger charge is 2.72. The van der Waals surface area contributed by atoms with Gasteiger partial charge in [0.15, 0.2) is 5.78 Å². The number of aliphatic hydroxyl groups is 3. The van der Waals surface area contributed by atoms with Gasteiger partial charge in [-0.15, -0.1) is 0 Å². The van der Waals surface area contributed by atoms with Crippen molar-refractivity contribution in [2.45, 2.75) is 97.6 Å². The van der Waals surface area contributed by atoms with E-state index in [4.69, 9.17) is 9.47 Å². The summed E-state index contributed by atoms with van der Waals surface area (Å²) in [5.74, 6) is -2.82. The third kappa shape index (κ3) is 4.27. The number of ketones is 1. The van der Waals surface area contributed by atoms with E-state index < -0.39 is 64.3 Å². The second-order valence-electron chi connectivity index (χ2n) is 11.2. The molecule has 0 aliphatic heterocycles. The van der Waals surface area contributed by atoms with Crippen LogP contribution in [0.4, 0.5) is 0 Å². The van der Waals surface area contributed by atoms with Crippen LogP contribution in [-0.2, 0) is 23.9 Å². The molecule has 3 aliphatic carbocycles. The molecule has 0 radical (unpaired) electrons. The maximum absolute atomic E-state index is 14.4. The van der Waals surface area contributed by atoms with E-state index in [0.29, 0.717) is 24.8 Å². The zero-order valence-electron chi connectivity index (χ0n) is 21.7. The van der Waals surface area contributed by atoms with Crippen LogP contribution in [0.5, 0.6) is 0 Å². The second kappa shape index (κ2) is 9.79. The van der Waals surface area contributed by atoms with Gasteiger partial charge in [0.1, 0.15) is 30.5 Å². The summed E-state index contributed by atoms with van der Waals surface area (Å²) >= 11 is 0. The van der Waals surface area contributed by atoms with Crippen LogP contribution in [0.15, 0.2) is 23.3 Å². The summed E-state index contributed by atoms with van der Waals surface area (Å²) in [7, 11) is 0. The lowest BCUT2D eigenvalue weighted by molar-refractivity contribution is -0.190. The Hall–Kier alpha value is -2.03. The van der Waals surface area contributed by atoms with Crippen LogP contribution in [0.3, 0.4) is 0 Å². The van der Waals surface area contributed by atoms with Crippen molar-refractivity contribution in [3.8, 4) is 0 Å². The Morgan fingerprint density at radius 2 is 1.69 bits per heavy atom. The fraction of sp³-hybridized carbons (Fsp3) is 0.741. The molecule has 3 rings (SSSR count). The Bertz CT molecular complexity index is 933. The molecule has 0 aromatic rings. The number of fused-ring (bicyclic) bond motifs is 1. The third-order valence-electron chi connectivity index (χ3n) is 8.11. The lowest BCUT2D eigenvalue weighted by atomic mass is 9.59. The number of rotatable bonds is 7. The Balaban J connectivity index is 2.21. The van der Waals surface area contributed by atoms with Crippen molar-refractivity contribution in [3.05, 3.63) is 23.3 Å². The maximum Gasteiger partial charge on any atom is 0.306 e. The minimum absolute atomic E-state index is 0.112. The Morgan fingerprint density at radius 3 is 2.29 bits per heavy atom. The molecule has 2 bridgehead atoms. The van der Waals surface area contributed by atoms with Crippen molar-refractivity contribution in [3.63, 3.8) is 0 Å². The van der Waals surface area contributed by atoms with Crippen LogP contribution in [-0.4, -0.2) is 63.6 Å². The largest absolute Gasteiger partial charge is 0.461 e. The monoisotopic (exact) mass is 492 g/mol. The zero-order valence-corrected chi connectivity index (χ0v) is 21.7. The molecule has 0 saturated heterocycles. The van der Waals surface area contributed by atoms with E-state index >= 15 is 0 Å². The highest BCUT2D eigenvalue weighted by Crippen LogP contribution is 2.61. The van der Waals surface area contributed by atoms with Gasteiger partial charge in [0.05, 0.1) is 11.3 Å². The maximum atomic E-state index is 14.4. The topological polar surface area (TPSA) is 130 Å². The van der Waals surface area contributed by atoms with E-state index in [1.807, 2.05) is 34.6 Å². The SMILES string of the molecule is CCCC(=O)OCC1=C[C@@H]2C(=O)[C@]3(C=C(C)[C@H](O)[C@@]3(O)[C@@H]1O)[C@H](C)CC(C)(C)[C@@H]2OC(=O)CCC. The first-order valence-corrected chi connectivity index (χ1v) is 12.7. The number of carbonyl (C=O) groups is 3. The van der Waals surface area contributed by atoms with E-state index in [1.54, 1.807) is 13.0 Å². The van der Waals surface area contributed by atoms with Crippen molar-refractivity contribution in [1.82, 2.24) is 0 Å². The van der Waals surface area contributed by atoms with Gasteiger partial charge >= 0.3 is 11.9 Å². The molecular weight excluding hydrogens is 452 g/mol. The molecule has 1 fully saturated rings. The number of Topliss-reactive ketones (excluding diaryl/α,β-unsaturated/α-hetero) is 1. The molecular formula is C27H40O8. The highest BCUT2D eigenvalue weighted by atomic mass is 16.5. The first-order chi connectivity index (χ1) is 16.3. The molecule has 8 nitrogen and oxygen atoms in total. The van der Waals surface area contributed by atoms with Gasteiger partial charge in [-0.05, 0) is 43.3 Å². The van der Waals surface area contributed by atoms with Gasteiger partial charge in [-0.2, -0.15) is 0 Å². The summed E-state index contributed by atoms with van der Waals surface area (Å²) in [5.41, 5.74) is -4.04. The molecule has 7 atom stereocenters. The van der Waals surface area contributed by atoms with E-state index in [0.717, 1.165) is 0 Å². The standard InChI is InChI=1S/C27H40O8/c1-7-9-19(28)34-14-17-11-18-23(32)26(12-15(3)21(30)27(26,33)22(17)31)16(4)13-25(5,6)24(18)35-20(29)10-8-2/h11-12,16,18,21-22,24,30-31,33H,7-10,13-14H2,1-6H3/t16-,18-,21+,22-,24-,26+,27-/m1/s1. The average Bonchev–Trinajstić information content (AvgIpc) is 2.92. The fourth-order valence-corrected chi connectivity index (χ4v) is 6.49. The summed E-state index contributed by atoms with van der Waals surface area (Å²) in [6, 6.07) is 0. The van der Waals surface area contributed by atoms with Gasteiger partial charge in [-0.25, -0.2) is 0 Å². The van der Waals surface area contributed by atoms with Crippen molar-refractivity contribution in [2.24, 2.45) is 22.7 Å². The van der Waals surface area contributed by atoms with Crippen LogP contribution in [0, 0.1) is 22.7 Å². The number of hydrogen-bond acceptors (Lipinski definition) is 8. The molecule has 0 aromatic heterocycles. The Labute approximate surface area is 207 Å². The van der Waals surface area contributed by atoms with Crippen molar-refractivity contribution in [2.75, 3.05) is 6.61 Å². The van der Waals surface area contributed by atoms with Crippen LogP contribution in [0.2, 0.25) is 0 Å². The van der Waals surface area contributed by atoms with E-state index in [-0.39, 0.29) is 25.0 Å². The smallest absolute Gasteiger partial charge is 0.306 e. The van der Waals surface area contributed by atoms with Crippen LogP contribution >= 0.6 is 0 Å². The molecule has 0 heterocycles. The Morgan fingerprint density at radius 1 is 1.09 bits per heavy atom. The van der Waals surface area contributed by atoms with E-state index in [9.17, 15) is 29.7 Å². The first kappa shape index (κ1) is 27.6. The van der Waals surface area contributed by atoms with Gasteiger partial charge in [0.2, 0.25) is 0 Å². The Kier molecular flexibility index (Phi) is 7.71. The number of hydrogen-bond donors (Lipinski definition) is 3. The van der Waals surface area contributed by atoms with Gasteiger partial charge in [0.25, 0.3) is 0 Å². The van der Waals surface area contributed by atoms with Crippen LogP contribution in [0.25, 0.3) is 0 Å². The minimum atomic E-state index is -2.26. The first-order valence-electron chi connectivity index (χ1n) is 12.7. The summed E-state index contributed by atoms with van der Waals surface area (Å²) < 4.78 is 11.3. The minimum Gasteiger partial charge on any atom is -0.461 e. The summed E-state index contributed by atoms with van der Waals surface area (Å²) in [5, 5.41) is 34.7. The summed E-state index contributed by atoms with van der Waals surface area (Å²) in [4.78, 5) is 39.1. The lowest BCUT2D eigenvalue weighted by Gasteiger charge is -2.48. The molecule has 196 valence electrons. The highest BCUT2D eigenvalue weighted by molar-refractivity contribution is 5.95. The van der Waals surface area contributed by atoms with Gasteiger partial charge in [0, 0.05) is 18.3 Å². The van der Waals surface area contributed by atoms with Gasteiger partial charge in [-0.1, -0.05) is 46.8 Å². The third-order valence-corrected chi connectivity index (χ3v) is 8.11. The van der Waals surface area contributed by atoms with Gasteiger partial charge < -0.3 is 24.8 Å². The molecule has 3 N–H and O–H groups in total. The molecule has 0 aromatic carbocycles. The van der Waals surface area contributed by atoms with Crippen LogP contribution < -0.4 is 0 Å². The fourth-order valence-electron chi connectivity index (χ4n) is 6.49. The lowest BCUT2D eigenvalue weighted by Crippen LogP contribution is -2.65. The molecule has 3 aliphatic rings. The van der Waals surface area contributed by atoms with Crippen molar-refractivity contribution >= 4 is 17.7 Å². The number of aliphatic hydroxyl groups excluding tert-OH is 2. The molecule has 1 spiro atoms. The second-order valence-corrected chi connectivity index (χ2v) is 11.2. The molecule has 0 unspecified atom stereocenters. The van der Waals surface area contributed by atoms with Crippen molar-refractivity contribution < 1.29 is 39.2 Å². The van der Waals surface area contributed by atoms with Gasteiger partial charge in [-0.3, -0.25) is 14.4 Å². The van der Waals surface area contributed by atoms with Crippen LogP contribution in [0.1, 0.15) is 73.6 Å². The van der Waals surface area contributed by atoms with E-state index in [1.165, 1.54) is 6.08 Å². The molecule has 1 saturated carbocycles. The summed E-state index contributed by atoms with van der Waals surface area (Å²) in [6.07, 6.45) is 0.997. The summed E-state index contributed by atoms with van der Waals surface area (Å²) in [6.45, 7) is 10.6.